The highest BCUT2D eigenvalue weighted by Gasteiger charge is 2.57. The molecule has 0 amide bonds. The number of aromatic nitrogens is 2. The summed E-state index contributed by atoms with van der Waals surface area (Å²) >= 11 is 0. The molecule has 2 aromatic rings. The van der Waals surface area contributed by atoms with Gasteiger partial charge in [-0.3, -0.25) is 4.79 Å². The van der Waals surface area contributed by atoms with Crippen molar-refractivity contribution in [1.82, 2.24) is 14.3 Å². The molecule has 3 N–H and O–H groups in total. The smallest absolute Gasteiger partial charge is 0.323 e. The minimum atomic E-state index is -3.80. The number of aliphatic carboxylic acids is 1. The van der Waals surface area contributed by atoms with Crippen LogP contribution in [0.15, 0.2) is 27.9 Å². The van der Waals surface area contributed by atoms with E-state index in [1.165, 1.54) is 22.5 Å². The van der Waals surface area contributed by atoms with Crippen LogP contribution in [0.2, 0.25) is 0 Å². The van der Waals surface area contributed by atoms with Crippen molar-refractivity contribution in [3.63, 3.8) is 0 Å². The third kappa shape index (κ3) is 2.04. The van der Waals surface area contributed by atoms with Gasteiger partial charge >= 0.3 is 11.7 Å². The van der Waals surface area contributed by atoms with Crippen molar-refractivity contribution >= 4 is 27.0 Å². The van der Waals surface area contributed by atoms with Crippen LogP contribution in [-0.2, 0) is 14.8 Å². The summed E-state index contributed by atoms with van der Waals surface area (Å²) in [5, 5.41) is 9.61. The Morgan fingerprint density at radius 1 is 1.29 bits per heavy atom. The fourth-order valence-corrected chi connectivity index (χ4v) is 5.68. The van der Waals surface area contributed by atoms with Gasteiger partial charge < -0.3 is 15.1 Å². The Balaban J connectivity index is 1.72. The van der Waals surface area contributed by atoms with E-state index in [2.05, 4.69) is 9.97 Å². The van der Waals surface area contributed by atoms with Crippen LogP contribution < -0.4 is 5.69 Å². The zero-order valence-corrected chi connectivity index (χ0v) is 13.6. The van der Waals surface area contributed by atoms with Gasteiger partial charge in [-0.1, -0.05) is 6.42 Å². The summed E-state index contributed by atoms with van der Waals surface area (Å²) in [6, 6.07) is 4.37. The van der Waals surface area contributed by atoms with Crippen LogP contribution in [0.25, 0.3) is 11.0 Å². The maximum Gasteiger partial charge on any atom is 0.323 e. The van der Waals surface area contributed by atoms with E-state index >= 15 is 0 Å². The lowest BCUT2D eigenvalue weighted by atomic mass is 9.81. The number of hydrogen-bond donors (Lipinski definition) is 3. The molecule has 4 rings (SSSR count). The summed E-state index contributed by atoms with van der Waals surface area (Å²) in [7, 11) is -3.80. The van der Waals surface area contributed by atoms with E-state index in [4.69, 9.17) is 0 Å². The van der Waals surface area contributed by atoms with Crippen LogP contribution >= 0.6 is 0 Å². The van der Waals surface area contributed by atoms with Crippen molar-refractivity contribution < 1.29 is 18.3 Å². The average Bonchev–Trinajstić information content (AvgIpc) is 3.16. The second-order valence-corrected chi connectivity index (χ2v) is 8.57. The molecule has 1 saturated carbocycles. The van der Waals surface area contributed by atoms with Gasteiger partial charge in [-0.05, 0) is 37.0 Å². The zero-order chi connectivity index (χ0) is 17.1. The highest BCUT2D eigenvalue weighted by atomic mass is 32.2. The Hall–Kier alpha value is -2.13. The second kappa shape index (κ2) is 4.93. The Bertz CT molecular complexity index is 992. The number of rotatable bonds is 3. The first-order valence-electron chi connectivity index (χ1n) is 7.78. The van der Waals surface area contributed by atoms with E-state index in [9.17, 15) is 23.1 Å². The lowest BCUT2D eigenvalue weighted by Gasteiger charge is -2.23. The van der Waals surface area contributed by atoms with Gasteiger partial charge in [-0.2, -0.15) is 4.31 Å². The van der Waals surface area contributed by atoms with Gasteiger partial charge in [0.05, 0.1) is 21.3 Å². The van der Waals surface area contributed by atoms with E-state index in [1.54, 1.807) is 0 Å². The van der Waals surface area contributed by atoms with Crippen molar-refractivity contribution in [2.75, 3.05) is 13.1 Å². The molecule has 1 aromatic carbocycles. The molecule has 128 valence electrons. The number of hydrogen-bond acceptors (Lipinski definition) is 4. The molecule has 1 aliphatic heterocycles. The molecule has 2 aliphatic rings. The Morgan fingerprint density at radius 3 is 2.75 bits per heavy atom. The Morgan fingerprint density at radius 2 is 2.04 bits per heavy atom. The van der Waals surface area contributed by atoms with Crippen LogP contribution in [0.5, 0.6) is 0 Å². The van der Waals surface area contributed by atoms with Crippen molar-refractivity contribution in [3.05, 3.63) is 28.7 Å². The third-order valence-electron chi connectivity index (χ3n) is 5.39. The predicted molar refractivity (Wildman–Crippen MR) is 85.1 cm³/mol. The van der Waals surface area contributed by atoms with Crippen LogP contribution in [0, 0.1) is 11.3 Å². The number of nitrogens with one attached hydrogen (secondary N) is 2. The van der Waals surface area contributed by atoms with Crippen LogP contribution in [-0.4, -0.2) is 46.9 Å². The number of carbonyl (C=O) groups is 1. The van der Waals surface area contributed by atoms with Crippen molar-refractivity contribution in [2.24, 2.45) is 11.3 Å². The molecule has 8 nitrogen and oxygen atoms in total. The van der Waals surface area contributed by atoms with E-state index < -0.39 is 27.1 Å². The highest BCUT2D eigenvalue weighted by Crippen LogP contribution is 2.50. The fraction of sp³-hybridized carbons (Fsp3) is 0.467. The average molecular weight is 351 g/mol. The number of benzene rings is 1. The number of imidazole rings is 1. The number of H-pyrrole nitrogens is 2. The monoisotopic (exact) mass is 351 g/mol. The molecule has 2 heterocycles. The minimum Gasteiger partial charge on any atom is -0.481 e. The summed E-state index contributed by atoms with van der Waals surface area (Å²) in [4.78, 5) is 28.2. The number of fused-ring (bicyclic) bond motifs is 2. The lowest BCUT2D eigenvalue weighted by molar-refractivity contribution is -0.149. The van der Waals surface area contributed by atoms with Crippen LogP contribution in [0.4, 0.5) is 0 Å². The first-order chi connectivity index (χ1) is 11.3. The minimum absolute atomic E-state index is 0.0109. The number of carboxylic acid groups (broad SMARTS) is 1. The molecule has 24 heavy (non-hydrogen) atoms. The van der Waals surface area contributed by atoms with Crippen molar-refractivity contribution in [1.29, 1.82) is 0 Å². The van der Waals surface area contributed by atoms with E-state index in [1.807, 2.05) is 0 Å². The molecule has 0 unspecified atom stereocenters. The van der Waals surface area contributed by atoms with Crippen LogP contribution in [0.3, 0.4) is 0 Å². The molecule has 1 saturated heterocycles. The fourth-order valence-electron chi connectivity index (χ4n) is 4.10. The summed E-state index contributed by atoms with van der Waals surface area (Å²) in [6.07, 6.45) is 2.08. The van der Waals surface area contributed by atoms with Gasteiger partial charge in [0, 0.05) is 13.1 Å². The Kier molecular flexibility index (Phi) is 3.17. The summed E-state index contributed by atoms with van der Waals surface area (Å²) in [5.74, 6) is -1.05. The number of nitrogens with zero attached hydrogens (tertiary/aromatic N) is 1. The topological polar surface area (TPSA) is 123 Å². The molecule has 2 fully saturated rings. The van der Waals surface area contributed by atoms with Gasteiger partial charge in [0.15, 0.2) is 0 Å². The van der Waals surface area contributed by atoms with Crippen LogP contribution in [0.1, 0.15) is 19.3 Å². The van der Waals surface area contributed by atoms with Gasteiger partial charge in [-0.15, -0.1) is 0 Å². The first kappa shape index (κ1) is 15.4. The maximum atomic E-state index is 12.9. The lowest BCUT2D eigenvalue weighted by Crippen LogP contribution is -2.37. The molecule has 0 spiro atoms. The normalized spacial score (nSPS) is 27.6. The second-order valence-electron chi connectivity index (χ2n) is 6.63. The molecule has 1 aliphatic carbocycles. The molecule has 0 bridgehead atoms. The number of carboxylic acids is 1. The Labute approximate surface area is 137 Å². The zero-order valence-electron chi connectivity index (χ0n) is 12.8. The van der Waals surface area contributed by atoms with E-state index in [-0.39, 0.29) is 23.9 Å². The highest BCUT2D eigenvalue weighted by molar-refractivity contribution is 7.89. The van der Waals surface area contributed by atoms with Crippen molar-refractivity contribution in [2.45, 2.75) is 24.2 Å². The maximum absolute atomic E-state index is 12.9. The first-order valence-corrected chi connectivity index (χ1v) is 9.22. The van der Waals surface area contributed by atoms with E-state index in [0.29, 0.717) is 17.5 Å². The van der Waals surface area contributed by atoms with Gasteiger partial charge in [0.1, 0.15) is 0 Å². The summed E-state index contributed by atoms with van der Waals surface area (Å²) < 4.78 is 27.1. The largest absolute Gasteiger partial charge is 0.481 e. The SMILES string of the molecule is O=C(O)[C@@]12CCC[C@H]1CN(S(=O)(=O)c1ccc3[nH]c(=O)[nH]c3c1)C2. The quantitative estimate of drug-likeness (QED) is 0.752. The molecule has 9 heteroatoms. The van der Waals surface area contributed by atoms with E-state index in [0.717, 1.165) is 12.8 Å². The number of sulfonamides is 1. The third-order valence-corrected chi connectivity index (χ3v) is 7.20. The molecule has 0 radical (unpaired) electrons. The number of aromatic amines is 2. The summed E-state index contributed by atoms with van der Waals surface area (Å²) in [6.45, 7) is 0.243. The van der Waals surface area contributed by atoms with Gasteiger partial charge in [0.2, 0.25) is 10.0 Å². The molecule has 1 aromatic heterocycles. The molecule has 2 atom stereocenters. The molecular formula is C15H17N3O5S. The van der Waals surface area contributed by atoms with Gasteiger partial charge in [-0.25, -0.2) is 13.2 Å². The standard InChI is InChI=1S/C15H17N3O5S/c19-13(20)15-5-1-2-9(15)7-18(8-15)24(22,23)10-3-4-11-12(6-10)17-14(21)16-11/h3-4,6,9H,1-2,5,7-8H2,(H,19,20)(H2,16,17,21)/t9-,15+/m0/s1. The van der Waals surface area contributed by atoms with Gasteiger partial charge in [0.25, 0.3) is 0 Å². The van der Waals surface area contributed by atoms with Crippen molar-refractivity contribution in [3.8, 4) is 0 Å². The predicted octanol–water partition coefficient (Wildman–Crippen LogP) is 0.732. The summed E-state index contributed by atoms with van der Waals surface area (Å²) in [5.41, 5.74) is -0.424. The molecular weight excluding hydrogens is 334 g/mol.